The van der Waals surface area contributed by atoms with E-state index in [1.165, 1.54) is 20.3 Å². The van der Waals surface area contributed by atoms with E-state index in [0.29, 0.717) is 10.2 Å². The van der Waals surface area contributed by atoms with Crippen LogP contribution in [-0.4, -0.2) is 25.1 Å². The van der Waals surface area contributed by atoms with Crippen LogP contribution < -0.4 is 9.47 Å². The van der Waals surface area contributed by atoms with Crippen molar-refractivity contribution in [3.8, 4) is 17.2 Å². The molecule has 0 atom stereocenters. The van der Waals surface area contributed by atoms with Gasteiger partial charge in [0.15, 0.2) is 5.78 Å². The van der Waals surface area contributed by atoms with E-state index in [1.807, 2.05) is 30.3 Å². The van der Waals surface area contributed by atoms with E-state index in [9.17, 15) is 9.90 Å². The maximum absolute atomic E-state index is 12.4. The fourth-order valence-corrected chi connectivity index (χ4v) is 2.44. The molecule has 0 spiro atoms. The van der Waals surface area contributed by atoms with E-state index in [-0.39, 0.29) is 22.8 Å². The molecule has 0 amide bonds. The Hall–Kier alpha value is -2.27. The van der Waals surface area contributed by atoms with Crippen molar-refractivity contribution >= 4 is 27.8 Å². The van der Waals surface area contributed by atoms with Gasteiger partial charge >= 0.3 is 0 Å². The van der Waals surface area contributed by atoms with Crippen molar-refractivity contribution in [2.75, 3.05) is 14.2 Å². The molecule has 2 aromatic rings. The van der Waals surface area contributed by atoms with Crippen LogP contribution in [0.3, 0.4) is 0 Å². The van der Waals surface area contributed by atoms with Gasteiger partial charge in [0.1, 0.15) is 27.3 Å². The second-order valence-corrected chi connectivity index (χ2v) is 5.22. The number of allylic oxidation sites excluding steroid dienone is 1. The number of carbonyl (C=O) groups is 1. The van der Waals surface area contributed by atoms with Gasteiger partial charge in [-0.25, -0.2) is 0 Å². The highest BCUT2D eigenvalue weighted by molar-refractivity contribution is 9.10. The third-order valence-corrected chi connectivity index (χ3v) is 3.85. The number of benzene rings is 2. The third kappa shape index (κ3) is 3.31. The number of rotatable bonds is 5. The number of halogens is 1. The van der Waals surface area contributed by atoms with Crippen molar-refractivity contribution in [2.24, 2.45) is 0 Å². The molecule has 0 aromatic heterocycles. The molecule has 0 aliphatic rings. The van der Waals surface area contributed by atoms with Crippen LogP contribution in [-0.2, 0) is 0 Å². The predicted octanol–water partition coefficient (Wildman–Crippen LogP) is 4.07. The standard InChI is InChI=1S/C17H15BrO4/c1-21-13-10-14(22-2)16(18)17(20)15(13)12(19)9-8-11-6-4-3-5-7-11/h3-10,20H,1-2H3. The number of hydrogen-bond acceptors (Lipinski definition) is 4. The summed E-state index contributed by atoms with van der Waals surface area (Å²) < 4.78 is 10.6. The molecule has 0 bridgehead atoms. The molecule has 5 heteroatoms. The Kier molecular flexibility index (Phi) is 5.22. The Morgan fingerprint density at radius 3 is 2.36 bits per heavy atom. The van der Waals surface area contributed by atoms with Crippen LogP contribution >= 0.6 is 15.9 Å². The van der Waals surface area contributed by atoms with Crippen molar-refractivity contribution in [3.05, 3.63) is 58.1 Å². The number of methoxy groups -OCH3 is 2. The first kappa shape index (κ1) is 16.1. The average molecular weight is 363 g/mol. The maximum Gasteiger partial charge on any atom is 0.193 e. The van der Waals surface area contributed by atoms with Crippen molar-refractivity contribution in [3.63, 3.8) is 0 Å². The topological polar surface area (TPSA) is 55.8 Å². The van der Waals surface area contributed by atoms with Crippen LogP contribution in [0.4, 0.5) is 0 Å². The third-order valence-electron chi connectivity index (χ3n) is 3.08. The zero-order valence-corrected chi connectivity index (χ0v) is 13.8. The zero-order chi connectivity index (χ0) is 16.1. The second kappa shape index (κ2) is 7.13. The largest absolute Gasteiger partial charge is 0.506 e. The summed E-state index contributed by atoms with van der Waals surface area (Å²) in [6.45, 7) is 0. The molecule has 0 aliphatic heterocycles. The number of carbonyl (C=O) groups excluding carboxylic acids is 1. The van der Waals surface area contributed by atoms with Gasteiger partial charge < -0.3 is 14.6 Å². The summed E-state index contributed by atoms with van der Waals surface area (Å²) >= 11 is 3.21. The molecule has 0 fully saturated rings. The molecule has 4 nitrogen and oxygen atoms in total. The van der Waals surface area contributed by atoms with Crippen molar-refractivity contribution in [2.45, 2.75) is 0 Å². The molecule has 2 rings (SSSR count). The summed E-state index contributed by atoms with van der Waals surface area (Å²) in [5.74, 6) is 0.0682. The second-order valence-electron chi connectivity index (χ2n) is 4.43. The molecule has 0 unspecified atom stereocenters. The van der Waals surface area contributed by atoms with Gasteiger partial charge in [0.2, 0.25) is 0 Å². The number of hydrogen-bond donors (Lipinski definition) is 1. The average Bonchev–Trinajstić information content (AvgIpc) is 2.55. The lowest BCUT2D eigenvalue weighted by molar-refractivity contribution is 0.104. The maximum atomic E-state index is 12.4. The molecule has 0 heterocycles. The molecule has 0 saturated heterocycles. The number of phenolic OH excluding ortho intramolecular Hbond substituents is 1. The lowest BCUT2D eigenvalue weighted by atomic mass is 10.1. The molecule has 1 N–H and O–H groups in total. The van der Waals surface area contributed by atoms with Crippen molar-refractivity contribution in [1.82, 2.24) is 0 Å². The van der Waals surface area contributed by atoms with Gasteiger partial charge in [-0.2, -0.15) is 0 Å². The molecular formula is C17H15BrO4. The van der Waals surface area contributed by atoms with Gasteiger partial charge in [-0.3, -0.25) is 4.79 Å². The number of aromatic hydroxyl groups is 1. The Morgan fingerprint density at radius 2 is 1.77 bits per heavy atom. The van der Waals surface area contributed by atoms with Crippen LogP contribution in [0.1, 0.15) is 15.9 Å². The van der Waals surface area contributed by atoms with Gasteiger partial charge in [-0.05, 0) is 27.6 Å². The lowest BCUT2D eigenvalue weighted by Crippen LogP contribution is -2.01. The highest BCUT2D eigenvalue weighted by Gasteiger charge is 2.21. The van der Waals surface area contributed by atoms with Crippen molar-refractivity contribution < 1.29 is 19.4 Å². The quantitative estimate of drug-likeness (QED) is 0.643. The number of phenols is 1. The Balaban J connectivity index is 2.41. The number of ether oxygens (including phenoxy) is 2. The predicted molar refractivity (Wildman–Crippen MR) is 88.7 cm³/mol. The van der Waals surface area contributed by atoms with Gasteiger partial charge in [0, 0.05) is 6.07 Å². The molecule has 0 saturated carbocycles. The van der Waals surface area contributed by atoms with Crippen LogP contribution in [0.2, 0.25) is 0 Å². The first-order valence-corrected chi connectivity index (χ1v) is 7.28. The fourth-order valence-electron chi connectivity index (χ4n) is 1.96. The summed E-state index contributed by atoms with van der Waals surface area (Å²) in [6.07, 6.45) is 3.07. The van der Waals surface area contributed by atoms with Crippen LogP contribution in [0, 0.1) is 0 Å². The lowest BCUT2D eigenvalue weighted by Gasteiger charge is -2.13. The van der Waals surface area contributed by atoms with Gasteiger partial charge in [0.05, 0.1) is 14.2 Å². The van der Waals surface area contributed by atoms with E-state index >= 15 is 0 Å². The molecule has 114 valence electrons. The van der Waals surface area contributed by atoms with E-state index < -0.39 is 0 Å². The normalized spacial score (nSPS) is 10.7. The minimum atomic E-state index is -0.360. The summed E-state index contributed by atoms with van der Waals surface area (Å²) in [6, 6.07) is 11.0. The smallest absolute Gasteiger partial charge is 0.193 e. The monoisotopic (exact) mass is 362 g/mol. The minimum absolute atomic E-state index is 0.0855. The van der Waals surface area contributed by atoms with E-state index in [1.54, 1.807) is 12.1 Å². The molecular weight excluding hydrogens is 348 g/mol. The summed E-state index contributed by atoms with van der Waals surface area (Å²) in [5, 5.41) is 10.2. The first-order chi connectivity index (χ1) is 10.6. The fraction of sp³-hybridized carbons (Fsp3) is 0.118. The highest BCUT2D eigenvalue weighted by Crippen LogP contribution is 2.42. The summed E-state index contributed by atoms with van der Waals surface area (Å²) in [4.78, 5) is 12.4. The molecule has 22 heavy (non-hydrogen) atoms. The van der Waals surface area contributed by atoms with Gasteiger partial charge in [-0.1, -0.05) is 36.4 Å². The van der Waals surface area contributed by atoms with Crippen molar-refractivity contribution in [1.29, 1.82) is 0 Å². The van der Waals surface area contributed by atoms with Crippen LogP contribution in [0.25, 0.3) is 6.08 Å². The Bertz CT molecular complexity index is 708. The van der Waals surface area contributed by atoms with Gasteiger partial charge in [0.25, 0.3) is 0 Å². The minimum Gasteiger partial charge on any atom is -0.506 e. The Morgan fingerprint density at radius 1 is 1.14 bits per heavy atom. The first-order valence-electron chi connectivity index (χ1n) is 6.49. The van der Waals surface area contributed by atoms with E-state index in [4.69, 9.17) is 9.47 Å². The highest BCUT2D eigenvalue weighted by atomic mass is 79.9. The van der Waals surface area contributed by atoms with E-state index in [2.05, 4.69) is 15.9 Å². The summed E-state index contributed by atoms with van der Waals surface area (Å²) in [5.41, 5.74) is 0.976. The molecule has 0 aliphatic carbocycles. The number of ketones is 1. The SMILES string of the molecule is COc1cc(OC)c(C(=O)C=Cc2ccccc2)c(O)c1Br. The van der Waals surface area contributed by atoms with E-state index in [0.717, 1.165) is 5.56 Å². The Labute approximate surface area is 137 Å². The van der Waals surface area contributed by atoms with Crippen LogP contribution in [0.5, 0.6) is 17.2 Å². The van der Waals surface area contributed by atoms with Gasteiger partial charge in [-0.15, -0.1) is 0 Å². The molecule has 0 radical (unpaired) electrons. The van der Waals surface area contributed by atoms with Crippen LogP contribution in [0.15, 0.2) is 46.9 Å². The summed E-state index contributed by atoms with van der Waals surface area (Å²) in [7, 11) is 2.90. The zero-order valence-electron chi connectivity index (χ0n) is 12.2. The molecule has 2 aromatic carbocycles.